The second-order valence-corrected chi connectivity index (χ2v) is 7.31. The Labute approximate surface area is 130 Å². The van der Waals surface area contributed by atoms with Gasteiger partial charge in [-0.2, -0.15) is 0 Å². The van der Waals surface area contributed by atoms with Gasteiger partial charge < -0.3 is 10.4 Å². The summed E-state index contributed by atoms with van der Waals surface area (Å²) in [4.78, 5) is 23.3. The molecule has 1 aromatic rings. The normalized spacial score (nSPS) is 14.1. The second-order valence-electron chi connectivity index (χ2n) is 5.33. The molecule has 2 atom stereocenters. The molecular weight excluding hydrogens is 306 g/mol. The number of carboxylic acid groups (broad SMARTS) is 1. The third-order valence-electron chi connectivity index (χ3n) is 3.52. The summed E-state index contributed by atoms with van der Waals surface area (Å²) in [6.45, 7) is 3.58. The fourth-order valence-corrected chi connectivity index (χ4v) is 3.03. The fraction of sp³-hybridized carbons (Fsp3) is 0.467. The van der Waals surface area contributed by atoms with E-state index in [0.717, 1.165) is 6.26 Å². The highest BCUT2D eigenvalue weighted by molar-refractivity contribution is 7.90. The predicted octanol–water partition coefficient (Wildman–Crippen LogP) is 1.25. The van der Waals surface area contributed by atoms with Gasteiger partial charge >= 0.3 is 5.97 Å². The summed E-state index contributed by atoms with van der Waals surface area (Å²) in [6.07, 6.45) is 1.50. The van der Waals surface area contributed by atoms with Crippen molar-refractivity contribution in [3.8, 4) is 0 Å². The molecular formula is C15H21NO5S. The molecule has 1 aromatic carbocycles. The van der Waals surface area contributed by atoms with Gasteiger partial charge in [0.1, 0.15) is 6.04 Å². The van der Waals surface area contributed by atoms with Crippen LogP contribution in [0.15, 0.2) is 29.2 Å². The van der Waals surface area contributed by atoms with Crippen LogP contribution in [0.4, 0.5) is 0 Å². The molecule has 0 fully saturated rings. The van der Waals surface area contributed by atoms with Crippen molar-refractivity contribution >= 4 is 21.7 Å². The summed E-state index contributed by atoms with van der Waals surface area (Å²) < 4.78 is 23.4. The Hall–Kier alpha value is -1.89. The van der Waals surface area contributed by atoms with Gasteiger partial charge in [-0.15, -0.1) is 0 Å². The maximum Gasteiger partial charge on any atom is 0.326 e. The number of hydrogen-bond acceptors (Lipinski definition) is 4. The Kier molecular flexibility index (Phi) is 6.11. The van der Waals surface area contributed by atoms with Gasteiger partial charge in [-0.25, -0.2) is 13.2 Å². The highest BCUT2D eigenvalue weighted by atomic mass is 32.2. The molecule has 7 heteroatoms. The van der Waals surface area contributed by atoms with Crippen LogP contribution in [-0.4, -0.2) is 37.7 Å². The summed E-state index contributed by atoms with van der Waals surface area (Å²) in [5, 5.41) is 11.6. The molecule has 2 N–H and O–H groups in total. The number of hydrogen-bond donors (Lipinski definition) is 2. The monoisotopic (exact) mass is 327 g/mol. The quantitative estimate of drug-likeness (QED) is 0.785. The Balaban J connectivity index is 2.92. The standard InChI is InChI=1S/C15H21NO5S/c1-4-10(2)14(15(18)19)16-13(17)9-11-7-5-6-8-12(11)22(3,20)21/h5-8,10,14H,4,9H2,1-3H3,(H,16,17)(H,18,19)/t10-,14-/m0/s1. The molecule has 22 heavy (non-hydrogen) atoms. The lowest BCUT2D eigenvalue weighted by Gasteiger charge is -2.20. The van der Waals surface area contributed by atoms with Crippen LogP contribution in [-0.2, 0) is 25.8 Å². The topological polar surface area (TPSA) is 101 Å². The van der Waals surface area contributed by atoms with Gasteiger partial charge in [0.05, 0.1) is 11.3 Å². The average Bonchev–Trinajstić information content (AvgIpc) is 2.43. The summed E-state index contributed by atoms with van der Waals surface area (Å²) in [5.74, 6) is -1.82. The van der Waals surface area contributed by atoms with Crippen LogP contribution in [0.25, 0.3) is 0 Å². The van der Waals surface area contributed by atoms with Gasteiger partial charge in [-0.3, -0.25) is 4.79 Å². The van der Waals surface area contributed by atoms with Crippen LogP contribution in [0.2, 0.25) is 0 Å². The Bertz CT molecular complexity index is 654. The van der Waals surface area contributed by atoms with Crippen LogP contribution in [0, 0.1) is 5.92 Å². The number of carboxylic acids is 1. The molecule has 0 aliphatic heterocycles. The van der Waals surface area contributed by atoms with Crippen molar-refractivity contribution in [2.24, 2.45) is 5.92 Å². The van der Waals surface area contributed by atoms with Gasteiger partial charge in [0.15, 0.2) is 9.84 Å². The predicted molar refractivity (Wildman–Crippen MR) is 82.3 cm³/mol. The van der Waals surface area contributed by atoms with E-state index in [1.807, 2.05) is 6.92 Å². The number of rotatable bonds is 7. The van der Waals surface area contributed by atoms with Crippen molar-refractivity contribution in [1.82, 2.24) is 5.32 Å². The maximum atomic E-state index is 12.1. The van der Waals surface area contributed by atoms with E-state index in [1.54, 1.807) is 25.1 Å². The molecule has 1 rings (SSSR count). The van der Waals surface area contributed by atoms with Gasteiger partial charge in [0.2, 0.25) is 5.91 Å². The lowest BCUT2D eigenvalue weighted by Crippen LogP contribution is -2.45. The minimum atomic E-state index is -3.44. The first-order valence-electron chi connectivity index (χ1n) is 6.97. The van der Waals surface area contributed by atoms with Crippen LogP contribution in [0.5, 0.6) is 0 Å². The van der Waals surface area contributed by atoms with Crippen molar-refractivity contribution in [2.75, 3.05) is 6.26 Å². The zero-order valence-corrected chi connectivity index (χ0v) is 13.7. The average molecular weight is 327 g/mol. The number of nitrogens with one attached hydrogen (secondary N) is 1. The van der Waals surface area contributed by atoms with E-state index in [9.17, 15) is 18.0 Å². The molecule has 0 bridgehead atoms. The molecule has 1 amide bonds. The summed E-state index contributed by atoms with van der Waals surface area (Å²) in [5.41, 5.74) is 0.357. The smallest absolute Gasteiger partial charge is 0.326 e. The van der Waals surface area contributed by atoms with E-state index in [1.165, 1.54) is 6.07 Å². The van der Waals surface area contributed by atoms with E-state index in [0.29, 0.717) is 12.0 Å². The first kappa shape index (κ1) is 18.2. The minimum absolute atomic E-state index is 0.0839. The molecule has 0 spiro atoms. The van der Waals surface area contributed by atoms with Gasteiger partial charge in [-0.1, -0.05) is 38.5 Å². The molecule has 0 heterocycles. The zero-order valence-electron chi connectivity index (χ0n) is 12.9. The molecule has 0 radical (unpaired) electrons. The largest absolute Gasteiger partial charge is 0.480 e. The van der Waals surface area contributed by atoms with E-state index >= 15 is 0 Å². The van der Waals surface area contributed by atoms with Gasteiger partial charge in [0.25, 0.3) is 0 Å². The number of carbonyl (C=O) groups is 2. The Morgan fingerprint density at radius 2 is 1.86 bits per heavy atom. The van der Waals surface area contributed by atoms with Crippen molar-refractivity contribution in [1.29, 1.82) is 0 Å². The van der Waals surface area contributed by atoms with Crippen LogP contribution >= 0.6 is 0 Å². The molecule has 6 nitrogen and oxygen atoms in total. The van der Waals surface area contributed by atoms with Gasteiger partial charge in [-0.05, 0) is 17.5 Å². The first-order valence-corrected chi connectivity index (χ1v) is 8.86. The molecule has 0 saturated carbocycles. The van der Waals surface area contributed by atoms with E-state index in [-0.39, 0.29) is 17.2 Å². The third kappa shape index (κ3) is 4.84. The number of aliphatic carboxylic acids is 1. The molecule has 0 aliphatic carbocycles. The van der Waals surface area contributed by atoms with E-state index < -0.39 is 27.8 Å². The van der Waals surface area contributed by atoms with Crippen LogP contribution in [0.1, 0.15) is 25.8 Å². The lowest BCUT2D eigenvalue weighted by atomic mass is 9.99. The number of amides is 1. The highest BCUT2D eigenvalue weighted by Crippen LogP contribution is 2.16. The second kappa shape index (κ2) is 7.40. The van der Waals surface area contributed by atoms with E-state index in [4.69, 9.17) is 5.11 Å². The van der Waals surface area contributed by atoms with Gasteiger partial charge in [0, 0.05) is 6.26 Å². The van der Waals surface area contributed by atoms with Crippen LogP contribution < -0.4 is 5.32 Å². The molecule has 0 unspecified atom stereocenters. The van der Waals surface area contributed by atoms with Crippen molar-refractivity contribution in [2.45, 2.75) is 37.6 Å². The third-order valence-corrected chi connectivity index (χ3v) is 4.72. The highest BCUT2D eigenvalue weighted by Gasteiger charge is 2.25. The molecule has 0 aromatic heterocycles. The molecule has 0 saturated heterocycles. The fourth-order valence-electron chi connectivity index (χ4n) is 2.09. The Morgan fingerprint density at radius 3 is 2.36 bits per heavy atom. The summed E-state index contributed by atoms with van der Waals surface area (Å²) >= 11 is 0. The zero-order chi connectivity index (χ0) is 16.9. The minimum Gasteiger partial charge on any atom is -0.480 e. The SMILES string of the molecule is CC[C@H](C)[C@H](NC(=O)Cc1ccccc1S(C)(=O)=O)C(=O)O. The lowest BCUT2D eigenvalue weighted by molar-refractivity contribution is -0.143. The van der Waals surface area contributed by atoms with E-state index in [2.05, 4.69) is 5.32 Å². The number of benzene rings is 1. The van der Waals surface area contributed by atoms with Crippen LogP contribution in [0.3, 0.4) is 0 Å². The first-order chi connectivity index (χ1) is 10.2. The number of carbonyl (C=O) groups excluding carboxylic acids is 1. The van der Waals surface area contributed by atoms with Crippen molar-refractivity contribution in [3.05, 3.63) is 29.8 Å². The number of sulfone groups is 1. The molecule has 122 valence electrons. The van der Waals surface area contributed by atoms with Crippen molar-refractivity contribution < 1.29 is 23.1 Å². The Morgan fingerprint density at radius 1 is 1.27 bits per heavy atom. The molecule has 0 aliphatic rings. The summed E-state index contributed by atoms with van der Waals surface area (Å²) in [7, 11) is -3.44. The maximum absolute atomic E-state index is 12.1. The van der Waals surface area contributed by atoms with Crippen molar-refractivity contribution in [3.63, 3.8) is 0 Å². The summed E-state index contributed by atoms with van der Waals surface area (Å²) in [6, 6.07) is 5.22.